The number of nitrogens with zero attached hydrogens (tertiary/aromatic N) is 2. The highest BCUT2D eigenvalue weighted by atomic mass is 32.1. The summed E-state index contributed by atoms with van der Waals surface area (Å²) in [6, 6.07) is 5.10. The maximum absolute atomic E-state index is 4.44. The van der Waals surface area contributed by atoms with Crippen molar-refractivity contribution in [1.29, 1.82) is 0 Å². The third-order valence-corrected chi connectivity index (χ3v) is 13.2. The van der Waals surface area contributed by atoms with Crippen LogP contribution in [0.25, 0.3) is 10.1 Å². The zero-order valence-electron chi connectivity index (χ0n) is 38.3. The second kappa shape index (κ2) is 19.3. The molecule has 0 saturated heterocycles. The molecule has 2 aromatic rings. The first-order valence-corrected chi connectivity index (χ1v) is 22.4. The molecule has 1 aliphatic carbocycles. The Balaban J connectivity index is 2.18. The van der Waals surface area contributed by atoms with Crippen LogP contribution >= 0.6 is 11.3 Å². The summed E-state index contributed by atoms with van der Waals surface area (Å²) in [5.74, 6) is 0.968. The molecule has 0 saturated carbocycles. The van der Waals surface area contributed by atoms with Crippen molar-refractivity contribution in [2.24, 2.45) is 17.3 Å². The summed E-state index contributed by atoms with van der Waals surface area (Å²) in [6.07, 6.45) is 32.8. The van der Waals surface area contributed by atoms with Gasteiger partial charge in [-0.3, -0.25) is 0 Å². The third kappa shape index (κ3) is 11.1. The van der Waals surface area contributed by atoms with Gasteiger partial charge in [0, 0.05) is 39.4 Å². The Labute approximate surface area is 354 Å². The third-order valence-electron chi connectivity index (χ3n) is 12.1. The minimum Gasteiger partial charge on any atom is -0.337 e. The number of rotatable bonds is 13. The van der Waals surface area contributed by atoms with Gasteiger partial charge in [0.1, 0.15) is 0 Å². The van der Waals surface area contributed by atoms with E-state index in [-0.39, 0.29) is 16.2 Å². The van der Waals surface area contributed by atoms with E-state index >= 15 is 0 Å². The molecular formula is C53H74BN2S. The Morgan fingerprint density at radius 1 is 0.947 bits per heavy atom. The molecule has 1 unspecified atom stereocenters. The fourth-order valence-electron chi connectivity index (χ4n) is 7.81. The summed E-state index contributed by atoms with van der Waals surface area (Å²) < 4.78 is 2.60. The molecule has 2 heterocycles. The van der Waals surface area contributed by atoms with Crippen LogP contribution in [0.3, 0.4) is 0 Å². The lowest BCUT2D eigenvalue weighted by Crippen LogP contribution is -2.34. The minimum absolute atomic E-state index is 0.00492. The number of allylic oxidation sites excluding steroid dienone is 14. The summed E-state index contributed by atoms with van der Waals surface area (Å²) in [6.45, 7) is 41.8. The van der Waals surface area contributed by atoms with Crippen molar-refractivity contribution in [1.82, 2.24) is 4.90 Å². The standard InChI is InChI=1S/C53H74BN2S/c1-17-21-26-38(7)27-23-28-41(19-3)55-33-30-43(24-18-2)56(42(20-4)29-22-25-37(5)6)40(9)47(34-39(8)51(10,11)12)54-50-49(55)44-35-45-46(36-48(44)57-50)53(15,16)32-31-52(45,13)14/h18-20,22-25,27-30,34-38H,3-4,17,21,26,31-33H2,1-2,5-16H3/b24-18-,25-22+,27-23+,39-34+,41-28+,42-29+,43-30+,47-40-. The average molecular weight is 782 g/mol. The second-order valence-electron chi connectivity index (χ2n) is 19.0. The SMILES string of the molecule is C=C/C(=C\C=C\C(C)C)N1C(/C=C\C)=C/CN(/C(C=C)=C/C=C/C(C)CCCC)c2c(sc3cc4c(cc23)C(C)(C)CCC4(C)C)[B]C(/C=C(\C)C(C)(C)C)=C\1C. The quantitative estimate of drug-likeness (QED) is 0.148. The summed E-state index contributed by atoms with van der Waals surface area (Å²) in [4.78, 5) is 4.91. The Bertz CT molecular complexity index is 2020. The predicted molar refractivity (Wildman–Crippen MR) is 259 cm³/mol. The van der Waals surface area contributed by atoms with Crippen molar-refractivity contribution in [2.45, 2.75) is 140 Å². The second-order valence-corrected chi connectivity index (χ2v) is 20.1. The average Bonchev–Trinajstić information content (AvgIpc) is 3.49. The number of benzene rings is 1. The van der Waals surface area contributed by atoms with E-state index in [2.05, 4.69) is 200 Å². The van der Waals surface area contributed by atoms with E-state index in [0.717, 1.165) is 22.8 Å². The van der Waals surface area contributed by atoms with E-state index < -0.39 is 0 Å². The zero-order chi connectivity index (χ0) is 42.3. The van der Waals surface area contributed by atoms with E-state index in [1.165, 1.54) is 74.8 Å². The highest BCUT2D eigenvalue weighted by molar-refractivity contribution is 7.29. The lowest BCUT2D eigenvalue weighted by molar-refractivity contribution is 0.332. The van der Waals surface area contributed by atoms with Gasteiger partial charge < -0.3 is 9.80 Å². The maximum atomic E-state index is 4.44. The number of unbranched alkanes of at least 4 members (excludes halogenated alkanes) is 1. The van der Waals surface area contributed by atoms with E-state index in [4.69, 9.17) is 0 Å². The van der Waals surface area contributed by atoms with Gasteiger partial charge in [-0.2, -0.15) is 0 Å². The van der Waals surface area contributed by atoms with Crippen molar-refractivity contribution in [3.05, 3.63) is 143 Å². The Morgan fingerprint density at radius 3 is 2.14 bits per heavy atom. The van der Waals surface area contributed by atoms with Gasteiger partial charge in [0.2, 0.25) is 7.28 Å². The lowest BCUT2D eigenvalue weighted by Gasteiger charge is -2.42. The fourth-order valence-corrected chi connectivity index (χ4v) is 8.99. The van der Waals surface area contributed by atoms with Gasteiger partial charge >= 0.3 is 0 Å². The Kier molecular flexibility index (Phi) is 15.6. The molecular weight excluding hydrogens is 707 g/mol. The topological polar surface area (TPSA) is 6.48 Å². The molecule has 0 N–H and O–H groups in total. The minimum atomic E-state index is 0.00492. The Morgan fingerprint density at radius 2 is 1.56 bits per heavy atom. The molecule has 1 aliphatic heterocycles. The van der Waals surface area contributed by atoms with Crippen LogP contribution in [0.4, 0.5) is 5.69 Å². The monoisotopic (exact) mass is 782 g/mol. The molecule has 305 valence electrons. The van der Waals surface area contributed by atoms with Crippen LogP contribution in [0, 0.1) is 17.3 Å². The van der Waals surface area contributed by atoms with Gasteiger partial charge in [0.05, 0.1) is 5.69 Å². The van der Waals surface area contributed by atoms with Crippen LogP contribution < -0.4 is 9.68 Å². The zero-order valence-corrected chi connectivity index (χ0v) is 39.1. The first-order chi connectivity index (χ1) is 26.8. The fraction of sp³-hybridized carbons (Fsp3) is 0.472. The highest BCUT2D eigenvalue weighted by Gasteiger charge is 2.38. The first kappa shape index (κ1) is 45.9. The Hall–Kier alpha value is -3.76. The largest absolute Gasteiger partial charge is 0.337 e. The molecule has 2 nitrogen and oxygen atoms in total. The summed E-state index contributed by atoms with van der Waals surface area (Å²) in [7, 11) is 2.46. The predicted octanol–water partition coefficient (Wildman–Crippen LogP) is 15.1. The molecule has 0 amide bonds. The van der Waals surface area contributed by atoms with Crippen LogP contribution in [0.2, 0.25) is 0 Å². The van der Waals surface area contributed by atoms with Gasteiger partial charge in [-0.05, 0) is 133 Å². The number of anilines is 1. The van der Waals surface area contributed by atoms with Crippen molar-refractivity contribution < 1.29 is 0 Å². The molecule has 0 spiro atoms. The summed E-state index contributed by atoms with van der Waals surface area (Å²) >= 11 is 1.93. The molecule has 4 rings (SSSR count). The van der Waals surface area contributed by atoms with Gasteiger partial charge in [-0.25, -0.2) is 0 Å². The van der Waals surface area contributed by atoms with Gasteiger partial charge in [-0.15, -0.1) is 11.3 Å². The molecule has 0 fully saturated rings. The molecule has 0 bridgehead atoms. The molecule has 1 atom stereocenters. The van der Waals surface area contributed by atoms with E-state index in [0.29, 0.717) is 18.4 Å². The number of fused-ring (bicyclic) bond motifs is 4. The number of hydrogen-bond acceptors (Lipinski definition) is 3. The number of thiophene rings is 1. The molecule has 1 aromatic carbocycles. The van der Waals surface area contributed by atoms with Crippen molar-refractivity contribution >= 4 is 39.2 Å². The lowest BCUT2D eigenvalue weighted by atomic mass is 9.62. The maximum Gasteiger partial charge on any atom is 0.210 e. The normalized spacial score (nSPS) is 21.2. The van der Waals surface area contributed by atoms with Crippen LogP contribution in [-0.4, -0.2) is 18.7 Å². The van der Waals surface area contributed by atoms with Crippen LogP contribution in [-0.2, 0) is 10.8 Å². The van der Waals surface area contributed by atoms with Gasteiger partial charge in [-0.1, -0.05) is 150 Å². The van der Waals surface area contributed by atoms with Gasteiger partial charge in [0.25, 0.3) is 0 Å². The highest BCUT2D eigenvalue weighted by Crippen LogP contribution is 2.49. The molecule has 1 aromatic heterocycles. The summed E-state index contributed by atoms with van der Waals surface area (Å²) in [5, 5.41) is 1.32. The molecule has 2 aliphatic rings. The van der Waals surface area contributed by atoms with Crippen molar-refractivity contribution in [2.75, 3.05) is 11.4 Å². The number of hydrogen-bond donors (Lipinski definition) is 0. The van der Waals surface area contributed by atoms with E-state index in [1.807, 2.05) is 23.5 Å². The van der Waals surface area contributed by atoms with Crippen LogP contribution in [0.5, 0.6) is 0 Å². The van der Waals surface area contributed by atoms with Crippen molar-refractivity contribution in [3.63, 3.8) is 0 Å². The van der Waals surface area contributed by atoms with Crippen molar-refractivity contribution in [3.8, 4) is 0 Å². The smallest absolute Gasteiger partial charge is 0.210 e. The van der Waals surface area contributed by atoms with Crippen LogP contribution in [0.15, 0.2) is 132 Å². The first-order valence-electron chi connectivity index (χ1n) is 21.6. The van der Waals surface area contributed by atoms with Gasteiger partial charge in [0.15, 0.2) is 0 Å². The molecule has 1 radical (unpaired) electrons. The van der Waals surface area contributed by atoms with Crippen LogP contribution in [0.1, 0.15) is 140 Å². The molecule has 4 heteroatoms. The molecule has 57 heavy (non-hydrogen) atoms. The van der Waals surface area contributed by atoms with E-state index in [1.54, 1.807) is 0 Å². The van der Waals surface area contributed by atoms with E-state index in [9.17, 15) is 0 Å². The summed E-state index contributed by atoms with van der Waals surface area (Å²) in [5.41, 5.74) is 11.4.